The van der Waals surface area contributed by atoms with Gasteiger partial charge < -0.3 is 10.1 Å². The highest BCUT2D eigenvalue weighted by atomic mass is 32.2. The predicted molar refractivity (Wildman–Crippen MR) is 117 cm³/mol. The summed E-state index contributed by atoms with van der Waals surface area (Å²) in [6.45, 7) is -0.490. The summed E-state index contributed by atoms with van der Waals surface area (Å²) in [6.07, 6.45) is 0. The van der Waals surface area contributed by atoms with E-state index in [0.29, 0.717) is 11.1 Å². The molecule has 4 rings (SSSR count). The third-order valence-corrected chi connectivity index (χ3v) is 5.68. The summed E-state index contributed by atoms with van der Waals surface area (Å²) in [5.41, 5.74) is 1.23. The number of ketones is 2. The van der Waals surface area contributed by atoms with E-state index in [1.165, 1.54) is 11.8 Å². The molecule has 0 bridgehead atoms. The minimum Gasteiger partial charge on any atom is -0.455 e. The van der Waals surface area contributed by atoms with E-state index in [1.807, 2.05) is 30.3 Å². The molecule has 154 valence electrons. The Morgan fingerprint density at radius 3 is 2.16 bits per heavy atom. The van der Waals surface area contributed by atoms with Crippen LogP contribution in [0.5, 0.6) is 0 Å². The van der Waals surface area contributed by atoms with Gasteiger partial charge in [0.2, 0.25) is 0 Å². The lowest BCUT2D eigenvalue weighted by Gasteiger charge is -2.20. The summed E-state index contributed by atoms with van der Waals surface area (Å²) in [4.78, 5) is 50.9. The molecule has 7 heteroatoms. The lowest BCUT2D eigenvalue weighted by molar-refractivity contribution is -0.144. The Kier molecular flexibility index (Phi) is 5.95. The Morgan fingerprint density at radius 1 is 0.774 bits per heavy atom. The highest BCUT2D eigenvalue weighted by Crippen LogP contribution is 2.31. The largest absolute Gasteiger partial charge is 0.455 e. The molecule has 1 N–H and O–H groups in total. The SMILES string of the molecule is O=C(COC(=O)CSc1ccccc1)Nc1cccc2c1C(=O)c1ccccc1C2=O. The van der Waals surface area contributed by atoms with Crippen molar-refractivity contribution in [2.45, 2.75) is 4.90 Å². The molecule has 0 heterocycles. The van der Waals surface area contributed by atoms with E-state index in [9.17, 15) is 19.2 Å². The molecular weight excluding hydrogens is 414 g/mol. The minimum absolute atomic E-state index is 0.0712. The number of nitrogens with one attached hydrogen (secondary N) is 1. The van der Waals surface area contributed by atoms with Crippen molar-refractivity contribution in [3.63, 3.8) is 0 Å². The van der Waals surface area contributed by atoms with E-state index < -0.39 is 18.5 Å². The van der Waals surface area contributed by atoms with Crippen LogP contribution in [0.4, 0.5) is 5.69 Å². The molecule has 0 fully saturated rings. The molecule has 0 radical (unpaired) electrons. The predicted octanol–water partition coefficient (Wildman–Crippen LogP) is 3.74. The third-order valence-electron chi connectivity index (χ3n) is 4.69. The van der Waals surface area contributed by atoms with E-state index in [4.69, 9.17) is 4.74 Å². The van der Waals surface area contributed by atoms with Crippen molar-refractivity contribution in [1.29, 1.82) is 0 Å². The molecule has 0 aromatic heterocycles. The smallest absolute Gasteiger partial charge is 0.316 e. The summed E-state index contributed by atoms with van der Waals surface area (Å²) in [5.74, 6) is -1.66. The van der Waals surface area contributed by atoms with Gasteiger partial charge in [-0.1, -0.05) is 54.6 Å². The lowest BCUT2D eigenvalue weighted by atomic mass is 9.83. The van der Waals surface area contributed by atoms with Gasteiger partial charge in [0.25, 0.3) is 5.91 Å². The zero-order valence-electron chi connectivity index (χ0n) is 16.3. The quantitative estimate of drug-likeness (QED) is 0.370. The van der Waals surface area contributed by atoms with Crippen LogP contribution in [-0.4, -0.2) is 35.8 Å². The molecule has 3 aromatic rings. The second kappa shape index (κ2) is 8.97. The van der Waals surface area contributed by atoms with Crippen molar-refractivity contribution in [3.05, 3.63) is 95.1 Å². The normalized spacial score (nSPS) is 12.0. The fourth-order valence-corrected chi connectivity index (χ4v) is 4.00. The maximum absolute atomic E-state index is 13.0. The lowest BCUT2D eigenvalue weighted by Crippen LogP contribution is -2.26. The van der Waals surface area contributed by atoms with Crippen LogP contribution in [0.15, 0.2) is 77.7 Å². The maximum atomic E-state index is 13.0. The average molecular weight is 431 g/mol. The van der Waals surface area contributed by atoms with Crippen LogP contribution in [0.3, 0.4) is 0 Å². The number of carbonyl (C=O) groups excluding carboxylic acids is 4. The van der Waals surface area contributed by atoms with E-state index in [1.54, 1.807) is 42.5 Å². The number of rotatable bonds is 6. The standard InChI is InChI=1S/C24H17NO5S/c26-20(13-30-21(27)14-31-15-7-2-1-3-8-15)25-19-12-6-11-18-22(19)24(29)17-10-5-4-9-16(17)23(18)28/h1-12H,13-14H2,(H,25,26). The first kappa shape index (κ1) is 20.6. The fourth-order valence-electron chi connectivity index (χ4n) is 3.28. The van der Waals surface area contributed by atoms with Gasteiger partial charge in [-0.05, 0) is 18.2 Å². The number of ether oxygens (including phenoxy) is 1. The van der Waals surface area contributed by atoms with Crippen molar-refractivity contribution in [2.75, 3.05) is 17.7 Å². The number of amides is 1. The molecule has 1 aliphatic rings. The van der Waals surface area contributed by atoms with Gasteiger partial charge in [-0.3, -0.25) is 19.2 Å². The molecule has 6 nitrogen and oxygen atoms in total. The molecule has 0 saturated heterocycles. The molecule has 31 heavy (non-hydrogen) atoms. The number of fused-ring (bicyclic) bond motifs is 2. The van der Waals surface area contributed by atoms with Gasteiger partial charge in [-0.2, -0.15) is 0 Å². The Morgan fingerprint density at radius 2 is 1.42 bits per heavy atom. The Labute approximate surface area is 182 Å². The molecular formula is C24H17NO5S. The third kappa shape index (κ3) is 4.41. The molecule has 0 spiro atoms. The minimum atomic E-state index is -0.592. The number of hydrogen-bond donors (Lipinski definition) is 1. The monoisotopic (exact) mass is 431 g/mol. The van der Waals surface area contributed by atoms with Gasteiger partial charge in [-0.15, -0.1) is 11.8 Å². The molecule has 0 saturated carbocycles. The number of anilines is 1. The van der Waals surface area contributed by atoms with Crippen LogP contribution in [0.1, 0.15) is 31.8 Å². The Bertz CT molecular complexity index is 1190. The van der Waals surface area contributed by atoms with Crippen LogP contribution in [0.2, 0.25) is 0 Å². The summed E-state index contributed by atoms with van der Waals surface area (Å²) in [7, 11) is 0. The maximum Gasteiger partial charge on any atom is 0.316 e. The van der Waals surface area contributed by atoms with Crippen LogP contribution in [0.25, 0.3) is 0 Å². The van der Waals surface area contributed by atoms with Crippen molar-refractivity contribution >= 4 is 40.9 Å². The van der Waals surface area contributed by atoms with Crippen LogP contribution in [0, 0.1) is 0 Å². The Hall–Kier alpha value is -3.71. The van der Waals surface area contributed by atoms with Crippen molar-refractivity contribution in [2.24, 2.45) is 0 Å². The number of carbonyl (C=O) groups is 4. The van der Waals surface area contributed by atoms with E-state index in [2.05, 4.69) is 5.32 Å². The fraction of sp³-hybridized carbons (Fsp3) is 0.0833. The molecule has 1 aliphatic carbocycles. The number of esters is 1. The van der Waals surface area contributed by atoms with E-state index in [0.717, 1.165) is 4.90 Å². The summed E-state index contributed by atoms with van der Waals surface area (Å²) in [5, 5.41) is 2.58. The summed E-state index contributed by atoms with van der Waals surface area (Å²) < 4.78 is 5.02. The molecule has 3 aromatic carbocycles. The summed E-state index contributed by atoms with van der Waals surface area (Å²) >= 11 is 1.31. The molecule has 0 unspecified atom stereocenters. The number of benzene rings is 3. The molecule has 1 amide bonds. The van der Waals surface area contributed by atoms with Gasteiger partial charge in [0, 0.05) is 21.6 Å². The van der Waals surface area contributed by atoms with Crippen LogP contribution >= 0.6 is 11.8 Å². The van der Waals surface area contributed by atoms with Crippen LogP contribution < -0.4 is 5.32 Å². The van der Waals surface area contributed by atoms with Gasteiger partial charge in [0.15, 0.2) is 18.2 Å². The highest BCUT2D eigenvalue weighted by molar-refractivity contribution is 8.00. The van der Waals surface area contributed by atoms with E-state index in [-0.39, 0.29) is 34.1 Å². The van der Waals surface area contributed by atoms with Crippen molar-refractivity contribution in [3.8, 4) is 0 Å². The van der Waals surface area contributed by atoms with E-state index >= 15 is 0 Å². The highest BCUT2D eigenvalue weighted by Gasteiger charge is 2.31. The number of thioether (sulfide) groups is 1. The number of hydrogen-bond acceptors (Lipinski definition) is 6. The van der Waals surface area contributed by atoms with Gasteiger partial charge in [-0.25, -0.2) is 0 Å². The van der Waals surface area contributed by atoms with Gasteiger partial charge in [0.05, 0.1) is 17.0 Å². The zero-order valence-corrected chi connectivity index (χ0v) is 17.1. The first-order chi connectivity index (χ1) is 15.0. The Balaban J connectivity index is 1.41. The van der Waals surface area contributed by atoms with Crippen molar-refractivity contribution in [1.82, 2.24) is 0 Å². The summed E-state index contributed by atoms with van der Waals surface area (Å²) in [6, 6.07) is 20.6. The van der Waals surface area contributed by atoms with Gasteiger partial charge >= 0.3 is 5.97 Å². The van der Waals surface area contributed by atoms with Crippen molar-refractivity contribution < 1.29 is 23.9 Å². The molecule has 0 aliphatic heterocycles. The second-order valence-corrected chi connectivity index (χ2v) is 7.79. The average Bonchev–Trinajstić information content (AvgIpc) is 2.80. The first-order valence-corrected chi connectivity index (χ1v) is 10.5. The molecule has 0 atom stereocenters. The topological polar surface area (TPSA) is 89.5 Å². The van der Waals surface area contributed by atoms with Crippen LogP contribution in [-0.2, 0) is 14.3 Å². The second-order valence-electron chi connectivity index (χ2n) is 6.74. The zero-order chi connectivity index (χ0) is 21.8. The first-order valence-electron chi connectivity index (χ1n) is 9.49. The van der Waals surface area contributed by atoms with Gasteiger partial charge in [0.1, 0.15) is 0 Å².